The Bertz CT molecular complexity index is 573. The highest BCUT2D eigenvalue weighted by atomic mass is 79.9. The lowest BCUT2D eigenvalue weighted by atomic mass is 9.87. The normalized spacial score (nSPS) is 18.2. The van der Waals surface area contributed by atoms with Gasteiger partial charge in [-0.2, -0.15) is 0 Å². The minimum Gasteiger partial charge on any atom is -0.391 e. The number of nitrogens with two attached hydrogens (primary N) is 1. The Balaban J connectivity index is 2.19. The van der Waals surface area contributed by atoms with Gasteiger partial charge in [-0.05, 0) is 54.0 Å². The number of hydrogen-bond donors (Lipinski definition) is 2. The molecule has 0 atom stereocenters. The second-order valence-electron chi connectivity index (χ2n) is 5.33. The molecule has 1 saturated heterocycles. The Morgan fingerprint density at radius 2 is 2.10 bits per heavy atom. The molecule has 0 bridgehead atoms. The van der Waals surface area contributed by atoms with Gasteiger partial charge in [0, 0.05) is 18.7 Å². The van der Waals surface area contributed by atoms with Crippen molar-refractivity contribution in [3.8, 4) is 0 Å². The van der Waals surface area contributed by atoms with Crippen molar-refractivity contribution in [3.05, 3.63) is 34.1 Å². The first kappa shape index (κ1) is 16.3. The zero-order chi connectivity index (χ0) is 15.6. The van der Waals surface area contributed by atoms with Crippen molar-refractivity contribution in [2.45, 2.75) is 18.4 Å². The van der Waals surface area contributed by atoms with Gasteiger partial charge in [0.25, 0.3) is 5.91 Å². The molecule has 0 aliphatic carbocycles. The van der Waals surface area contributed by atoms with E-state index in [0.717, 1.165) is 13.1 Å². The Kier molecular flexibility index (Phi) is 4.95. The lowest BCUT2D eigenvalue weighted by Crippen LogP contribution is -2.61. The number of thiocarbonyl (C=S) groups is 1. The van der Waals surface area contributed by atoms with Gasteiger partial charge in [-0.3, -0.25) is 4.79 Å². The molecule has 3 N–H and O–H groups in total. The van der Waals surface area contributed by atoms with E-state index in [-0.39, 0.29) is 16.5 Å². The minimum absolute atomic E-state index is 0.255. The summed E-state index contributed by atoms with van der Waals surface area (Å²) in [7, 11) is 2.01. The zero-order valence-electron chi connectivity index (χ0n) is 11.7. The number of amides is 1. The number of nitrogens with zero attached hydrogens (tertiary/aromatic N) is 1. The molecule has 114 valence electrons. The monoisotopic (exact) mass is 373 g/mol. The summed E-state index contributed by atoms with van der Waals surface area (Å²) in [6.45, 7) is 1.60. The summed E-state index contributed by atoms with van der Waals surface area (Å²) in [6.07, 6.45) is 1.31. The number of likely N-dealkylation sites (tertiary alicyclic amines) is 1. The van der Waals surface area contributed by atoms with Crippen LogP contribution in [-0.2, 0) is 0 Å². The highest BCUT2D eigenvalue weighted by molar-refractivity contribution is 9.10. The van der Waals surface area contributed by atoms with Gasteiger partial charge in [0.2, 0.25) is 0 Å². The Morgan fingerprint density at radius 1 is 1.48 bits per heavy atom. The van der Waals surface area contributed by atoms with Crippen molar-refractivity contribution in [3.63, 3.8) is 0 Å². The van der Waals surface area contributed by atoms with Crippen LogP contribution in [0.3, 0.4) is 0 Å². The predicted octanol–water partition coefficient (Wildman–Crippen LogP) is 2.07. The first-order valence-corrected chi connectivity index (χ1v) is 7.80. The highest BCUT2D eigenvalue weighted by Crippen LogP contribution is 2.23. The first-order chi connectivity index (χ1) is 9.84. The third-order valence-corrected chi connectivity index (χ3v) is 4.88. The van der Waals surface area contributed by atoms with Crippen molar-refractivity contribution in [2.24, 2.45) is 5.73 Å². The number of nitrogens with one attached hydrogen (secondary N) is 1. The molecule has 0 radical (unpaired) electrons. The van der Waals surface area contributed by atoms with Gasteiger partial charge < -0.3 is 16.0 Å². The molecule has 7 heteroatoms. The maximum atomic E-state index is 13.5. The fraction of sp³-hybridized carbons (Fsp3) is 0.429. The van der Waals surface area contributed by atoms with Crippen molar-refractivity contribution in [1.29, 1.82) is 0 Å². The molecule has 1 aromatic carbocycles. The maximum Gasteiger partial charge on any atom is 0.252 e. The molecule has 0 spiro atoms. The number of benzene rings is 1. The van der Waals surface area contributed by atoms with Gasteiger partial charge in [0.05, 0.1) is 15.0 Å². The summed E-state index contributed by atoms with van der Waals surface area (Å²) in [5.41, 5.74) is 5.41. The van der Waals surface area contributed by atoms with Crippen LogP contribution in [0.1, 0.15) is 23.2 Å². The average Bonchev–Trinajstić information content (AvgIpc) is 2.44. The smallest absolute Gasteiger partial charge is 0.252 e. The first-order valence-electron chi connectivity index (χ1n) is 6.60. The summed E-state index contributed by atoms with van der Waals surface area (Å²) in [4.78, 5) is 14.8. The van der Waals surface area contributed by atoms with E-state index in [1.165, 1.54) is 12.1 Å². The molecule has 21 heavy (non-hydrogen) atoms. The van der Waals surface area contributed by atoms with Gasteiger partial charge in [-0.25, -0.2) is 4.39 Å². The van der Waals surface area contributed by atoms with Gasteiger partial charge >= 0.3 is 0 Å². The summed E-state index contributed by atoms with van der Waals surface area (Å²) < 4.78 is 13.9. The Labute approximate surface area is 137 Å². The second kappa shape index (κ2) is 6.37. The number of piperidine rings is 1. The van der Waals surface area contributed by atoms with Crippen LogP contribution in [0.5, 0.6) is 0 Å². The van der Waals surface area contributed by atoms with Gasteiger partial charge in [0.1, 0.15) is 5.82 Å². The van der Waals surface area contributed by atoms with E-state index in [2.05, 4.69) is 26.1 Å². The van der Waals surface area contributed by atoms with Crippen LogP contribution in [0, 0.1) is 5.82 Å². The van der Waals surface area contributed by atoms with Crippen LogP contribution in [0.2, 0.25) is 0 Å². The fourth-order valence-electron chi connectivity index (χ4n) is 2.36. The Hall–Kier alpha value is -1.05. The summed E-state index contributed by atoms with van der Waals surface area (Å²) in [5.74, 6) is -0.839. The van der Waals surface area contributed by atoms with Crippen LogP contribution in [0.4, 0.5) is 4.39 Å². The molecule has 0 saturated carbocycles. The van der Waals surface area contributed by atoms with Gasteiger partial charge in [-0.15, -0.1) is 0 Å². The second-order valence-corrected chi connectivity index (χ2v) is 6.63. The van der Waals surface area contributed by atoms with E-state index >= 15 is 0 Å². The SMILES string of the molecule is CN1CCC(NC(=O)c2ccc(Br)c(F)c2)(C(N)=S)CC1. The standard InChI is InChI=1S/C14H17BrFN3OS/c1-19-6-4-14(5-7-19,13(17)21)18-12(20)9-2-3-10(15)11(16)8-9/h2-3,8H,4-7H2,1H3,(H2,17,21)(H,18,20). The topological polar surface area (TPSA) is 58.4 Å². The van der Waals surface area contributed by atoms with E-state index in [9.17, 15) is 9.18 Å². The zero-order valence-corrected chi connectivity index (χ0v) is 14.1. The molecule has 2 rings (SSSR count). The number of carbonyl (C=O) groups is 1. The highest BCUT2D eigenvalue weighted by Gasteiger charge is 2.38. The van der Waals surface area contributed by atoms with Crippen molar-refractivity contribution in [2.75, 3.05) is 20.1 Å². The van der Waals surface area contributed by atoms with E-state index in [1.54, 1.807) is 6.07 Å². The quantitative estimate of drug-likeness (QED) is 0.796. The number of halogens is 2. The van der Waals surface area contributed by atoms with Crippen LogP contribution in [-0.4, -0.2) is 41.5 Å². The summed E-state index contributed by atoms with van der Waals surface area (Å²) in [5, 5.41) is 2.90. The average molecular weight is 374 g/mol. The van der Waals surface area contributed by atoms with E-state index in [0.29, 0.717) is 17.3 Å². The molecule has 1 amide bonds. The van der Waals surface area contributed by atoms with Gasteiger partial charge in [-0.1, -0.05) is 12.2 Å². The summed E-state index contributed by atoms with van der Waals surface area (Å²) >= 11 is 8.21. The number of carbonyl (C=O) groups excluding carboxylic acids is 1. The molecule has 1 heterocycles. The Morgan fingerprint density at radius 3 is 2.62 bits per heavy atom. The number of hydrogen-bond acceptors (Lipinski definition) is 3. The lowest BCUT2D eigenvalue weighted by Gasteiger charge is -2.40. The van der Waals surface area contributed by atoms with Gasteiger partial charge in [0.15, 0.2) is 0 Å². The van der Waals surface area contributed by atoms with Crippen LogP contribution in [0.25, 0.3) is 0 Å². The van der Waals surface area contributed by atoms with Crippen molar-refractivity contribution >= 4 is 39.0 Å². The molecular weight excluding hydrogens is 357 g/mol. The third-order valence-electron chi connectivity index (χ3n) is 3.85. The van der Waals surface area contributed by atoms with E-state index < -0.39 is 11.4 Å². The molecule has 1 aromatic rings. The van der Waals surface area contributed by atoms with Crippen molar-refractivity contribution in [1.82, 2.24) is 10.2 Å². The molecule has 0 unspecified atom stereocenters. The predicted molar refractivity (Wildman–Crippen MR) is 87.8 cm³/mol. The number of rotatable bonds is 3. The van der Waals surface area contributed by atoms with Crippen molar-refractivity contribution < 1.29 is 9.18 Å². The molecule has 1 aliphatic heterocycles. The summed E-state index contributed by atoms with van der Waals surface area (Å²) in [6, 6.07) is 4.26. The van der Waals surface area contributed by atoms with Crippen LogP contribution in [0.15, 0.2) is 22.7 Å². The molecule has 1 aliphatic rings. The fourth-order valence-corrected chi connectivity index (χ4v) is 2.86. The molecular formula is C14H17BrFN3OS. The molecule has 0 aromatic heterocycles. The lowest BCUT2D eigenvalue weighted by molar-refractivity contribution is 0.0889. The largest absolute Gasteiger partial charge is 0.391 e. The van der Waals surface area contributed by atoms with E-state index in [1.807, 2.05) is 7.05 Å². The van der Waals surface area contributed by atoms with Crippen LogP contribution < -0.4 is 11.1 Å². The third kappa shape index (κ3) is 3.59. The van der Waals surface area contributed by atoms with Crippen LogP contribution >= 0.6 is 28.1 Å². The molecule has 1 fully saturated rings. The molecule has 4 nitrogen and oxygen atoms in total. The van der Waals surface area contributed by atoms with E-state index in [4.69, 9.17) is 18.0 Å². The maximum absolute atomic E-state index is 13.5. The minimum atomic E-state index is -0.692.